The third kappa shape index (κ3) is 1.89. The molecule has 0 spiro atoms. The topological polar surface area (TPSA) is 43.1 Å². The average molecular weight is 215 g/mol. The number of nitrogens with zero attached hydrogens (tertiary/aromatic N) is 1. The first-order valence-corrected chi connectivity index (χ1v) is 5.18. The van der Waals surface area contributed by atoms with E-state index in [0.29, 0.717) is 11.3 Å². The van der Waals surface area contributed by atoms with Crippen molar-refractivity contribution in [1.29, 1.82) is 0 Å². The Labute approximate surface area is 94.1 Å². The molecule has 1 atom stereocenters. The summed E-state index contributed by atoms with van der Waals surface area (Å²) in [4.78, 5) is 16.1. The van der Waals surface area contributed by atoms with Crippen LogP contribution in [0.5, 0.6) is 0 Å². The summed E-state index contributed by atoms with van der Waals surface area (Å²) >= 11 is 0. The van der Waals surface area contributed by atoms with Crippen LogP contribution in [0.2, 0.25) is 0 Å². The minimum atomic E-state index is -0.167. The first-order chi connectivity index (χ1) is 7.70. The largest absolute Gasteiger partial charge is 0.469 e. The van der Waals surface area contributed by atoms with Gasteiger partial charge in [0, 0.05) is 18.3 Å². The predicted octanol–water partition coefficient (Wildman–Crippen LogP) is 2.97. The Morgan fingerprint density at radius 3 is 2.56 bits per heavy atom. The molecule has 3 nitrogen and oxygen atoms in total. The van der Waals surface area contributed by atoms with Gasteiger partial charge in [0.2, 0.25) is 0 Å². The second-order valence-corrected chi connectivity index (χ2v) is 3.76. The van der Waals surface area contributed by atoms with Gasteiger partial charge < -0.3 is 4.42 Å². The molecular weight excluding hydrogens is 202 g/mol. The summed E-state index contributed by atoms with van der Waals surface area (Å²) in [7, 11) is 0. The van der Waals surface area contributed by atoms with E-state index in [9.17, 15) is 4.79 Å². The maximum Gasteiger partial charge on any atom is 0.173 e. The first-order valence-electron chi connectivity index (χ1n) is 5.18. The zero-order valence-corrected chi connectivity index (χ0v) is 9.31. The number of aryl methyl sites for hydroxylation is 1. The van der Waals surface area contributed by atoms with Crippen molar-refractivity contribution in [3.63, 3.8) is 0 Å². The maximum absolute atomic E-state index is 12.1. The van der Waals surface area contributed by atoms with Crippen molar-refractivity contribution in [2.75, 3.05) is 0 Å². The van der Waals surface area contributed by atoms with Gasteiger partial charge >= 0.3 is 0 Å². The Morgan fingerprint density at radius 1 is 1.31 bits per heavy atom. The fourth-order valence-electron chi connectivity index (χ4n) is 1.68. The van der Waals surface area contributed by atoms with E-state index in [-0.39, 0.29) is 11.7 Å². The number of aromatic nitrogens is 1. The predicted molar refractivity (Wildman–Crippen MR) is 60.4 cm³/mol. The summed E-state index contributed by atoms with van der Waals surface area (Å²) in [6, 6.07) is 5.44. The number of hydrogen-bond acceptors (Lipinski definition) is 3. The van der Waals surface area contributed by atoms with Crippen LogP contribution in [0.15, 0.2) is 41.3 Å². The smallest absolute Gasteiger partial charge is 0.173 e. The Balaban J connectivity index is 2.27. The van der Waals surface area contributed by atoms with E-state index in [1.807, 2.05) is 19.1 Å². The van der Waals surface area contributed by atoms with E-state index in [0.717, 1.165) is 5.56 Å². The summed E-state index contributed by atoms with van der Waals surface area (Å²) in [6.45, 7) is 3.69. The molecule has 3 heteroatoms. The lowest BCUT2D eigenvalue weighted by atomic mass is 9.93. The van der Waals surface area contributed by atoms with Gasteiger partial charge in [-0.05, 0) is 30.7 Å². The van der Waals surface area contributed by atoms with E-state index in [1.54, 1.807) is 31.6 Å². The highest BCUT2D eigenvalue weighted by molar-refractivity contribution is 6.01. The Hall–Kier alpha value is -1.90. The van der Waals surface area contributed by atoms with Crippen LogP contribution in [0.3, 0.4) is 0 Å². The summed E-state index contributed by atoms with van der Waals surface area (Å²) < 4.78 is 5.14. The Kier molecular flexibility index (Phi) is 2.86. The molecule has 0 aliphatic heterocycles. The normalized spacial score (nSPS) is 12.4. The van der Waals surface area contributed by atoms with Gasteiger partial charge in [-0.3, -0.25) is 9.78 Å². The molecule has 16 heavy (non-hydrogen) atoms. The van der Waals surface area contributed by atoms with Crippen LogP contribution in [0.25, 0.3) is 0 Å². The molecule has 0 aliphatic carbocycles. The lowest BCUT2D eigenvalue weighted by Crippen LogP contribution is -2.09. The third-order valence-electron chi connectivity index (χ3n) is 2.72. The van der Waals surface area contributed by atoms with Gasteiger partial charge in [0.25, 0.3) is 0 Å². The van der Waals surface area contributed by atoms with Crippen LogP contribution in [-0.2, 0) is 0 Å². The van der Waals surface area contributed by atoms with Gasteiger partial charge in [-0.2, -0.15) is 0 Å². The van der Waals surface area contributed by atoms with Crippen LogP contribution >= 0.6 is 0 Å². The van der Waals surface area contributed by atoms with Crippen LogP contribution in [0.1, 0.15) is 34.5 Å². The van der Waals surface area contributed by atoms with Gasteiger partial charge in [0.15, 0.2) is 5.78 Å². The number of pyridine rings is 1. The quantitative estimate of drug-likeness (QED) is 0.739. The fraction of sp³-hybridized carbons (Fsp3) is 0.231. The van der Waals surface area contributed by atoms with Crippen LogP contribution in [0.4, 0.5) is 0 Å². The van der Waals surface area contributed by atoms with Gasteiger partial charge in [-0.1, -0.05) is 6.92 Å². The molecule has 2 aromatic heterocycles. The average Bonchev–Trinajstić information content (AvgIpc) is 2.75. The molecule has 2 heterocycles. The second kappa shape index (κ2) is 4.31. The highest BCUT2D eigenvalue weighted by atomic mass is 16.3. The van der Waals surface area contributed by atoms with Gasteiger partial charge in [0.05, 0.1) is 11.8 Å². The first kappa shape index (κ1) is 10.6. The molecule has 0 amide bonds. The van der Waals surface area contributed by atoms with Crippen LogP contribution < -0.4 is 0 Å². The molecular formula is C13H13NO2. The number of ketones is 1. The molecule has 0 bridgehead atoms. The molecule has 0 saturated heterocycles. The highest BCUT2D eigenvalue weighted by Crippen LogP contribution is 2.22. The third-order valence-corrected chi connectivity index (χ3v) is 2.72. The van der Waals surface area contributed by atoms with Crippen molar-refractivity contribution in [2.24, 2.45) is 0 Å². The number of carbonyl (C=O) groups is 1. The second-order valence-electron chi connectivity index (χ2n) is 3.76. The Morgan fingerprint density at radius 2 is 2.00 bits per heavy atom. The summed E-state index contributed by atoms with van der Waals surface area (Å²) in [5.41, 5.74) is 1.63. The van der Waals surface area contributed by atoms with E-state index >= 15 is 0 Å². The van der Waals surface area contributed by atoms with Crippen molar-refractivity contribution >= 4 is 5.78 Å². The van der Waals surface area contributed by atoms with Gasteiger partial charge in [-0.15, -0.1) is 0 Å². The number of furan rings is 1. The monoisotopic (exact) mass is 215 g/mol. The number of rotatable bonds is 3. The standard InChI is InChI=1S/C13H13NO2/c1-9(11-3-6-14-7-4-11)13(15)12-5-8-16-10(12)2/h3-9H,1-2H3. The van der Waals surface area contributed by atoms with Crippen molar-refractivity contribution < 1.29 is 9.21 Å². The lowest BCUT2D eigenvalue weighted by Gasteiger charge is -2.09. The molecule has 82 valence electrons. The molecule has 0 aliphatic rings. The van der Waals surface area contributed by atoms with Crippen molar-refractivity contribution in [2.45, 2.75) is 19.8 Å². The molecule has 2 aromatic rings. The minimum Gasteiger partial charge on any atom is -0.469 e. The van der Waals surface area contributed by atoms with E-state index in [2.05, 4.69) is 4.98 Å². The molecule has 0 N–H and O–H groups in total. The SMILES string of the molecule is Cc1occc1C(=O)C(C)c1ccncc1. The molecule has 0 fully saturated rings. The molecule has 0 aromatic carbocycles. The summed E-state index contributed by atoms with van der Waals surface area (Å²) in [6.07, 6.45) is 4.94. The van der Waals surface area contributed by atoms with Crippen LogP contribution in [-0.4, -0.2) is 10.8 Å². The van der Waals surface area contributed by atoms with E-state index in [4.69, 9.17) is 4.42 Å². The maximum atomic E-state index is 12.1. The zero-order valence-electron chi connectivity index (χ0n) is 9.31. The number of carbonyl (C=O) groups excluding carboxylic acids is 1. The molecule has 0 saturated carbocycles. The number of hydrogen-bond donors (Lipinski definition) is 0. The van der Waals surface area contributed by atoms with Crippen LogP contribution in [0, 0.1) is 6.92 Å². The number of Topliss-reactive ketones (excluding diaryl/α,β-unsaturated/α-hetero) is 1. The van der Waals surface area contributed by atoms with Gasteiger partial charge in [0.1, 0.15) is 5.76 Å². The Bertz CT molecular complexity index is 488. The van der Waals surface area contributed by atoms with Crippen molar-refractivity contribution in [1.82, 2.24) is 4.98 Å². The van der Waals surface area contributed by atoms with Gasteiger partial charge in [-0.25, -0.2) is 0 Å². The molecule has 1 unspecified atom stereocenters. The lowest BCUT2D eigenvalue weighted by molar-refractivity contribution is 0.0964. The van der Waals surface area contributed by atoms with Crippen molar-refractivity contribution in [3.8, 4) is 0 Å². The van der Waals surface area contributed by atoms with E-state index < -0.39 is 0 Å². The molecule has 0 radical (unpaired) electrons. The van der Waals surface area contributed by atoms with Crippen molar-refractivity contribution in [3.05, 3.63) is 53.7 Å². The minimum absolute atomic E-state index is 0.0810. The summed E-state index contributed by atoms with van der Waals surface area (Å²) in [5, 5.41) is 0. The van der Waals surface area contributed by atoms with E-state index in [1.165, 1.54) is 0 Å². The zero-order chi connectivity index (χ0) is 11.5. The summed E-state index contributed by atoms with van der Waals surface area (Å²) in [5.74, 6) is 0.586. The fourth-order valence-corrected chi connectivity index (χ4v) is 1.68. The highest BCUT2D eigenvalue weighted by Gasteiger charge is 2.19. The molecule has 2 rings (SSSR count).